The highest BCUT2D eigenvalue weighted by molar-refractivity contribution is 5.95. The van der Waals surface area contributed by atoms with E-state index in [-0.39, 0.29) is 5.56 Å². The van der Waals surface area contributed by atoms with Gasteiger partial charge in [-0.3, -0.25) is 4.79 Å². The van der Waals surface area contributed by atoms with Crippen molar-refractivity contribution in [2.24, 2.45) is 17.3 Å². The molecule has 190 valence electrons. The van der Waals surface area contributed by atoms with Crippen LogP contribution in [-0.2, 0) is 6.42 Å². The number of para-hydroxylation sites is 1. The zero-order chi connectivity index (χ0) is 25.4. The van der Waals surface area contributed by atoms with Gasteiger partial charge in [0.15, 0.2) is 0 Å². The van der Waals surface area contributed by atoms with Gasteiger partial charge in [0.05, 0.1) is 5.52 Å². The number of nitrogens with one attached hydrogen (secondary N) is 1. The number of aryl methyl sites for hydroxylation is 2. The van der Waals surface area contributed by atoms with E-state index in [9.17, 15) is 13.6 Å². The van der Waals surface area contributed by atoms with Crippen LogP contribution >= 0.6 is 0 Å². The Morgan fingerprint density at radius 1 is 1.11 bits per heavy atom. The second-order valence-electron chi connectivity index (χ2n) is 10.9. The fourth-order valence-electron chi connectivity index (χ4n) is 5.96. The molecule has 5 nitrogen and oxygen atoms in total. The van der Waals surface area contributed by atoms with Gasteiger partial charge < -0.3 is 10.2 Å². The second-order valence-corrected chi connectivity index (χ2v) is 10.9. The number of hydrogen-bond donors (Lipinski definition) is 1. The predicted octanol–water partition coefficient (Wildman–Crippen LogP) is 5.84. The molecule has 1 amide bonds. The van der Waals surface area contributed by atoms with E-state index in [1.807, 2.05) is 37.2 Å². The molecule has 1 heterocycles. The molecule has 2 saturated carbocycles. The van der Waals surface area contributed by atoms with Gasteiger partial charge >= 0.3 is 0 Å². The zero-order valence-corrected chi connectivity index (χ0v) is 21.3. The first kappa shape index (κ1) is 24.6. The molecule has 1 N–H and O–H groups in total. The molecule has 2 aliphatic rings. The third-order valence-corrected chi connectivity index (χ3v) is 8.29. The average Bonchev–Trinajstić information content (AvgIpc) is 3.55. The van der Waals surface area contributed by atoms with E-state index in [2.05, 4.69) is 11.4 Å². The molecule has 1 aromatic heterocycles. The Morgan fingerprint density at radius 2 is 1.86 bits per heavy atom. The molecule has 0 unspecified atom stereocenters. The van der Waals surface area contributed by atoms with Crippen molar-refractivity contribution >= 4 is 22.6 Å². The lowest BCUT2D eigenvalue weighted by Crippen LogP contribution is -2.33. The molecule has 36 heavy (non-hydrogen) atoms. The standard InChI is InChI=1S/C29H34F2N4O/c1-18-8-10-22(30)25(26(18)31)28(36)32-17-19-12-14-29(15-13-19)16-20(29)9-11-24-33-23-7-5-4-6-21(23)27(34-24)35(2)3/h4-8,10,19-20H,9,11-17H2,1-3H3,(H,32,36)/t19?,20-,29?/m0/s1. The van der Waals surface area contributed by atoms with Crippen LogP contribution in [0.1, 0.15) is 60.3 Å². The smallest absolute Gasteiger partial charge is 0.257 e. The fraction of sp³-hybridized carbons (Fsp3) is 0.483. The summed E-state index contributed by atoms with van der Waals surface area (Å²) in [6.45, 7) is 2.00. The highest BCUT2D eigenvalue weighted by Crippen LogP contribution is 2.63. The van der Waals surface area contributed by atoms with Crippen LogP contribution in [0.15, 0.2) is 36.4 Å². The Kier molecular flexibility index (Phi) is 6.66. The topological polar surface area (TPSA) is 58.1 Å². The van der Waals surface area contributed by atoms with E-state index in [4.69, 9.17) is 9.97 Å². The van der Waals surface area contributed by atoms with Crippen LogP contribution in [-0.4, -0.2) is 36.5 Å². The minimum absolute atomic E-state index is 0.271. The van der Waals surface area contributed by atoms with Gasteiger partial charge in [0.1, 0.15) is 28.8 Å². The fourth-order valence-corrected chi connectivity index (χ4v) is 5.96. The molecule has 0 radical (unpaired) electrons. The lowest BCUT2D eigenvalue weighted by molar-refractivity contribution is 0.0931. The number of carbonyl (C=O) groups excluding carboxylic acids is 1. The Balaban J connectivity index is 1.12. The molecule has 2 aliphatic carbocycles. The van der Waals surface area contributed by atoms with Crippen molar-refractivity contribution in [1.82, 2.24) is 15.3 Å². The maximum Gasteiger partial charge on any atom is 0.257 e. The van der Waals surface area contributed by atoms with Gasteiger partial charge in [-0.25, -0.2) is 18.7 Å². The van der Waals surface area contributed by atoms with Gasteiger partial charge in [0.25, 0.3) is 5.91 Å². The SMILES string of the molecule is Cc1ccc(F)c(C(=O)NCC2CCC3(CC2)C[C@@H]3CCc2nc(N(C)C)c3ccccc3n2)c1F. The number of benzene rings is 2. The second kappa shape index (κ2) is 9.75. The molecular formula is C29H34F2N4O. The van der Waals surface area contributed by atoms with Crippen LogP contribution < -0.4 is 10.2 Å². The third-order valence-electron chi connectivity index (χ3n) is 8.29. The highest BCUT2D eigenvalue weighted by Gasteiger charge is 2.54. The van der Waals surface area contributed by atoms with E-state index in [1.54, 1.807) is 0 Å². The summed E-state index contributed by atoms with van der Waals surface area (Å²) >= 11 is 0. The summed E-state index contributed by atoms with van der Waals surface area (Å²) in [4.78, 5) is 24.2. The number of rotatable bonds is 7. The number of carbonyl (C=O) groups is 1. The quantitative estimate of drug-likeness (QED) is 0.450. The molecule has 0 bridgehead atoms. The van der Waals surface area contributed by atoms with Crippen LogP contribution in [0.25, 0.3) is 10.9 Å². The average molecular weight is 493 g/mol. The van der Waals surface area contributed by atoms with Crippen molar-refractivity contribution in [2.75, 3.05) is 25.5 Å². The van der Waals surface area contributed by atoms with E-state index < -0.39 is 23.1 Å². The van der Waals surface area contributed by atoms with Crippen molar-refractivity contribution in [3.63, 3.8) is 0 Å². The number of anilines is 1. The van der Waals surface area contributed by atoms with Crippen LogP contribution in [0.2, 0.25) is 0 Å². The Labute approximate surface area is 211 Å². The van der Waals surface area contributed by atoms with Crippen LogP contribution in [0.4, 0.5) is 14.6 Å². The van der Waals surface area contributed by atoms with Crippen molar-refractivity contribution in [2.45, 2.75) is 51.9 Å². The number of fused-ring (bicyclic) bond motifs is 1. The molecule has 5 rings (SSSR count). The van der Waals surface area contributed by atoms with E-state index in [0.717, 1.165) is 67.1 Å². The first-order valence-corrected chi connectivity index (χ1v) is 12.9. The van der Waals surface area contributed by atoms with E-state index in [1.165, 1.54) is 19.4 Å². The number of aromatic nitrogens is 2. The van der Waals surface area contributed by atoms with Gasteiger partial charge in [-0.15, -0.1) is 0 Å². The van der Waals surface area contributed by atoms with Gasteiger partial charge in [0, 0.05) is 32.4 Å². The lowest BCUT2D eigenvalue weighted by Gasteiger charge is -2.30. The number of hydrogen-bond acceptors (Lipinski definition) is 4. The summed E-state index contributed by atoms with van der Waals surface area (Å²) in [5.74, 6) is 0.673. The zero-order valence-electron chi connectivity index (χ0n) is 21.3. The van der Waals surface area contributed by atoms with Gasteiger partial charge in [-0.2, -0.15) is 0 Å². The Bertz CT molecular complexity index is 1280. The summed E-state index contributed by atoms with van der Waals surface area (Å²) in [6.07, 6.45) is 7.59. The molecule has 3 aromatic rings. The number of amides is 1. The van der Waals surface area contributed by atoms with Gasteiger partial charge in [-0.1, -0.05) is 18.2 Å². The Hall–Kier alpha value is -3.09. The molecular weight excluding hydrogens is 458 g/mol. The molecule has 1 atom stereocenters. The minimum atomic E-state index is -0.813. The maximum atomic E-state index is 14.3. The molecule has 2 fully saturated rings. The maximum absolute atomic E-state index is 14.3. The molecule has 0 aliphatic heterocycles. The van der Waals surface area contributed by atoms with E-state index >= 15 is 0 Å². The van der Waals surface area contributed by atoms with Crippen molar-refractivity contribution in [3.8, 4) is 0 Å². The summed E-state index contributed by atoms with van der Waals surface area (Å²) in [7, 11) is 4.03. The lowest BCUT2D eigenvalue weighted by atomic mass is 9.78. The predicted molar refractivity (Wildman–Crippen MR) is 138 cm³/mol. The van der Waals surface area contributed by atoms with Crippen LogP contribution in [0.3, 0.4) is 0 Å². The summed E-state index contributed by atoms with van der Waals surface area (Å²) in [6, 6.07) is 10.7. The number of nitrogens with zero attached hydrogens (tertiary/aromatic N) is 3. The monoisotopic (exact) mass is 492 g/mol. The van der Waals surface area contributed by atoms with Crippen molar-refractivity contribution < 1.29 is 13.6 Å². The Morgan fingerprint density at radius 3 is 2.61 bits per heavy atom. The molecule has 1 spiro atoms. The van der Waals surface area contributed by atoms with Crippen molar-refractivity contribution in [1.29, 1.82) is 0 Å². The summed E-state index contributed by atoms with van der Waals surface area (Å²) in [5.41, 5.74) is 1.20. The first-order valence-electron chi connectivity index (χ1n) is 12.9. The third kappa shape index (κ3) is 4.80. The van der Waals surface area contributed by atoms with Crippen molar-refractivity contribution in [3.05, 3.63) is 65.0 Å². The largest absolute Gasteiger partial charge is 0.362 e. The summed E-state index contributed by atoms with van der Waals surface area (Å²) in [5, 5.41) is 3.85. The van der Waals surface area contributed by atoms with Gasteiger partial charge in [-0.05, 0) is 86.5 Å². The molecule has 2 aromatic carbocycles. The van der Waals surface area contributed by atoms with E-state index in [0.29, 0.717) is 23.8 Å². The molecule has 7 heteroatoms. The first-order chi connectivity index (χ1) is 17.3. The summed E-state index contributed by atoms with van der Waals surface area (Å²) < 4.78 is 28.3. The molecule has 0 saturated heterocycles. The van der Waals surface area contributed by atoms with Gasteiger partial charge in [0.2, 0.25) is 0 Å². The van der Waals surface area contributed by atoms with Crippen LogP contribution in [0, 0.1) is 35.8 Å². The number of halogens is 2. The highest BCUT2D eigenvalue weighted by atomic mass is 19.1. The minimum Gasteiger partial charge on any atom is -0.362 e. The normalized spacial score (nSPS) is 23.1. The van der Waals surface area contributed by atoms with Crippen LogP contribution in [0.5, 0.6) is 0 Å².